The highest BCUT2D eigenvalue weighted by Gasteiger charge is 2.09. The third-order valence-corrected chi connectivity index (χ3v) is 3.00. The van der Waals surface area contributed by atoms with Crippen molar-refractivity contribution in [3.05, 3.63) is 51.7 Å². The van der Waals surface area contributed by atoms with Gasteiger partial charge in [-0.15, -0.1) is 0 Å². The lowest BCUT2D eigenvalue weighted by molar-refractivity contribution is 0.102. The Morgan fingerprint density at radius 2 is 2.11 bits per heavy atom. The predicted molar refractivity (Wildman–Crippen MR) is 75.8 cm³/mol. The molecule has 0 fully saturated rings. The number of aromatic nitrogens is 1. The maximum Gasteiger partial charge on any atom is 0.274 e. The number of nitrogen functional groups attached to an aromatic ring is 1. The standard InChI is InChI=1S/C12H9BrClN3O/c13-7-1-3-10(9(14)5-7)17-12(18)11-4-2-8(15)6-16-11/h1-6H,15H2,(H,17,18). The molecule has 0 saturated carbocycles. The molecular weight excluding hydrogens is 318 g/mol. The van der Waals surface area contributed by atoms with E-state index < -0.39 is 0 Å². The van der Waals surface area contributed by atoms with Gasteiger partial charge in [0.2, 0.25) is 0 Å². The number of nitrogens with one attached hydrogen (secondary N) is 1. The number of halogens is 2. The Balaban J connectivity index is 2.18. The molecule has 1 aromatic heterocycles. The lowest BCUT2D eigenvalue weighted by atomic mass is 10.3. The lowest BCUT2D eigenvalue weighted by Crippen LogP contribution is -2.13. The molecule has 1 aromatic carbocycles. The largest absolute Gasteiger partial charge is 0.397 e. The van der Waals surface area contributed by atoms with Gasteiger partial charge in [-0.1, -0.05) is 27.5 Å². The van der Waals surface area contributed by atoms with Crippen molar-refractivity contribution in [2.75, 3.05) is 11.1 Å². The Morgan fingerprint density at radius 3 is 2.72 bits per heavy atom. The predicted octanol–water partition coefficient (Wildman–Crippen LogP) is 3.33. The Hall–Kier alpha value is -1.59. The van der Waals surface area contributed by atoms with Gasteiger partial charge in [-0.05, 0) is 30.3 Å². The van der Waals surface area contributed by atoms with Gasteiger partial charge in [0.05, 0.1) is 22.6 Å². The third-order valence-electron chi connectivity index (χ3n) is 2.20. The van der Waals surface area contributed by atoms with Crippen LogP contribution in [0, 0.1) is 0 Å². The third kappa shape index (κ3) is 3.00. The molecule has 6 heteroatoms. The molecule has 2 rings (SSSR count). The van der Waals surface area contributed by atoms with Crippen LogP contribution in [0.3, 0.4) is 0 Å². The van der Waals surface area contributed by atoms with Gasteiger partial charge in [0.15, 0.2) is 0 Å². The summed E-state index contributed by atoms with van der Waals surface area (Å²) in [6, 6.07) is 8.37. The van der Waals surface area contributed by atoms with Gasteiger partial charge >= 0.3 is 0 Å². The molecule has 2 aromatic rings. The maximum atomic E-state index is 11.9. The second-order valence-electron chi connectivity index (χ2n) is 3.56. The zero-order valence-electron chi connectivity index (χ0n) is 9.15. The van der Waals surface area contributed by atoms with Crippen molar-refractivity contribution in [2.45, 2.75) is 0 Å². The summed E-state index contributed by atoms with van der Waals surface area (Å²) in [6.07, 6.45) is 1.43. The molecule has 0 radical (unpaired) electrons. The van der Waals surface area contributed by atoms with Crippen LogP contribution in [0.15, 0.2) is 41.0 Å². The fourth-order valence-electron chi connectivity index (χ4n) is 1.32. The second kappa shape index (κ2) is 5.37. The van der Waals surface area contributed by atoms with Crippen molar-refractivity contribution in [1.29, 1.82) is 0 Å². The molecule has 1 amide bonds. The van der Waals surface area contributed by atoms with Gasteiger partial charge in [-0.2, -0.15) is 0 Å². The van der Waals surface area contributed by atoms with Crippen molar-refractivity contribution in [1.82, 2.24) is 4.98 Å². The molecular formula is C12H9BrClN3O. The molecule has 4 nitrogen and oxygen atoms in total. The van der Waals surface area contributed by atoms with Crippen molar-refractivity contribution in [3.63, 3.8) is 0 Å². The molecule has 0 atom stereocenters. The zero-order valence-corrected chi connectivity index (χ0v) is 11.5. The Morgan fingerprint density at radius 1 is 1.33 bits per heavy atom. The number of benzene rings is 1. The van der Waals surface area contributed by atoms with Gasteiger partial charge < -0.3 is 11.1 Å². The summed E-state index contributed by atoms with van der Waals surface area (Å²) in [4.78, 5) is 15.8. The number of hydrogen-bond acceptors (Lipinski definition) is 3. The van der Waals surface area contributed by atoms with E-state index in [4.69, 9.17) is 17.3 Å². The van der Waals surface area contributed by atoms with Gasteiger partial charge in [-0.3, -0.25) is 4.79 Å². The number of carbonyl (C=O) groups excluding carboxylic acids is 1. The number of amides is 1. The van der Waals surface area contributed by atoms with Crippen LogP contribution in [0.1, 0.15) is 10.5 Å². The van der Waals surface area contributed by atoms with Crippen LogP contribution in [-0.2, 0) is 0 Å². The minimum Gasteiger partial charge on any atom is -0.397 e. The van der Waals surface area contributed by atoms with Crippen LogP contribution in [-0.4, -0.2) is 10.9 Å². The Labute approximate surface area is 117 Å². The number of nitrogens with zero attached hydrogens (tertiary/aromatic N) is 1. The van der Waals surface area contributed by atoms with Gasteiger partial charge in [0.25, 0.3) is 5.91 Å². The maximum absolute atomic E-state index is 11.9. The molecule has 0 unspecified atom stereocenters. The van der Waals surface area contributed by atoms with E-state index in [1.165, 1.54) is 6.20 Å². The fourth-order valence-corrected chi connectivity index (χ4v) is 2.04. The normalized spacial score (nSPS) is 10.1. The van der Waals surface area contributed by atoms with E-state index in [9.17, 15) is 4.79 Å². The van der Waals surface area contributed by atoms with E-state index in [1.54, 1.807) is 30.3 Å². The molecule has 3 N–H and O–H groups in total. The molecule has 0 saturated heterocycles. The van der Waals surface area contributed by atoms with Crippen molar-refractivity contribution < 1.29 is 4.79 Å². The number of anilines is 2. The Kier molecular flexibility index (Phi) is 3.84. The smallest absolute Gasteiger partial charge is 0.274 e. The van der Waals surface area contributed by atoms with Crippen LogP contribution in [0.4, 0.5) is 11.4 Å². The molecule has 0 spiro atoms. The molecule has 0 aliphatic carbocycles. The van der Waals surface area contributed by atoms with Gasteiger partial charge in [0, 0.05) is 4.47 Å². The summed E-state index contributed by atoms with van der Waals surface area (Å²) in [6.45, 7) is 0. The molecule has 0 aliphatic heterocycles. The van der Waals surface area contributed by atoms with Crippen LogP contribution < -0.4 is 11.1 Å². The topological polar surface area (TPSA) is 68.0 Å². The summed E-state index contributed by atoms with van der Waals surface area (Å²) < 4.78 is 0.844. The Bertz CT molecular complexity index is 586. The molecule has 92 valence electrons. The highest BCUT2D eigenvalue weighted by atomic mass is 79.9. The summed E-state index contributed by atoms with van der Waals surface area (Å²) in [5.41, 5.74) is 6.82. The van der Waals surface area contributed by atoms with Gasteiger partial charge in [0.1, 0.15) is 5.69 Å². The summed E-state index contributed by atoms with van der Waals surface area (Å²) in [5, 5.41) is 3.13. The highest BCUT2D eigenvalue weighted by Crippen LogP contribution is 2.25. The molecule has 18 heavy (non-hydrogen) atoms. The average molecular weight is 327 g/mol. The number of carbonyl (C=O) groups is 1. The quantitative estimate of drug-likeness (QED) is 0.889. The van der Waals surface area contributed by atoms with E-state index in [-0.39, 0.29) is 11.6 Å². The first-order valence-electron chi connectivity index (χ1n) is 5.04. The summed E-state index contributed by atoms with van der Waals surface area (Å²) >= 11 is 9.29. The monoisotopic (exact) mass is 325 g/mol. The van der Waals surface area contributed by atoms with E-state index in [1.807, 2.05) is 0 Å². The van der Waals surface area contributed by atoms with Crippen LogP contribution in [0.2, 0.25) is 5.02 Å². The SMILES string of the molecule is Nc1ccc(C(=O)Nc2ccc(Br)cc2Cl)nc1. The minimum atomic E-state index is -0.334. The molecule has 1 heterocycles. The number of pyridine rings is 1. The lowest BCUT2D eigenvalue weighted by Gasteiger charge is -2.07. The zero-order chi connectivity index (χ0) is 13.1. The average Bonchev–Trinajstić information content (AvgIpc) is 2.33. The van der Waals surface area contributed by atoms with E-state index in [0.29, 0.717) is 16.4 Å². The number of rotatable bonds is 2. The fraction of sp³-hybridized carbons (Fsp3) is 0. The molecule has 0 aliphatic rings. The minimum absolute atomic E-state index is 0.281. The second-order valence-corrected chi connectivity index (χ2v) is 4.88. The van der Waals surface area contributed by atoms with Crippen molar-refractivity contribution in [2.24, 2.45) is 0 Å². The highest BCUT2D eigenvalue weighted by molar-refractivity contribution is 9.10. The van der Waals surface area contributed by atoms with E-state index in [0.717, 1.165) is 4.47 Å². The van der Waals surface area contributed by atoms with E-state index in [2.05, 4.69) is 26.2 Å². The summed E-state index contributed by atoms with van der Waals surface area (Å²) in [5.74, 6) is -0.334. The van der Waals surface area contributed by atoms with Crippen molar-refractivity contribution >= 4 is 44.8 Å². The summed E-state index contributed by atoms with van der Waals surface area (Å²) in [7, 11) is 0. The van der Waals surface area contributed by atoms with Crippen LogP contribution >= 0.6 is 27.5 Å². The van der Waals surface area contributed by atoms with Crippen LogP contribution in [0.5, 0.6) is 0 Å². The number of nitrogens with two attached hydrogens (primary N) is 1. The van der Waals surface area contributed by atoms with Crippen molar-refractivity contribution in [3.8, 4) is 0 Å². The first kappa shape index (κ1) is 12.9. The number of hydrogen-bond donors (Lipinski definition) is 2. The van der Waals surface area contributed by atoms with Crippen LogP contribution in [0.25, 0.3) is 0 Å². The first-order chi connectivity index (χ1) is 8.56. The first-order valence-corrected chi connectivity index (χ1v) is 6.21. The van der Waals surface area contributed by atoms with Gasteiger partial charge in [-0.25, -0.2) is 4.98 Å². The van der Waals surface area contributed by atoms with E-state index >= 15 is 0 Å². The molecule has 0 bridgehead atoms.